The molecule has 0 N–H and O–H groups in total. The van der Waals surface area contributed by atoms with Crippen LogP contribution in [-0.2, 0) is 4.79 Å². The van der Waals surface area contributed by atoms with Gasteiger partial charge in [0.25, 0.3) is 5.22 Å². The summed E-state index contributed by atoms with van der Waals surface area (Å²) in [6.07, 6.45) is 5.95. The minimum atomic E-state index is 0.121. The summed E-state index contributed by atoms with van der Waals surface area (Å²) in [5.74, 6) is 0.919. The van der Waals surface area contributed by atoms with E-state index in [0.717, 1.165) is 22.9 Å². The van der Waals surface area contributed by atoms with Gasteiger partial charge in [0.1, 0.15) is 0 Å². The lowest BCUT2D eigenvalue weighted by molar-refractivity contribution is -0.129. The van der Waals surface area contributed by atoms with Crippen LogP contribution in [0.15, 0.2) is 38.4 Å². The minimum absolute atomic E-state index is 0.121. The Morgan fingerprint density at radius 2 is 1.96 bits per heavy atom. The molecule has 1 fully saturated rings. The Morgan fingerprint density at radius 1 is 1.25 bits per heavy atom. The maximum absolute atomic E-state index is 12.3. The number of rotatable bonds is 5. The van der Waals surface area contributed by atoms with E-state index in [1.165, 1.54) is 31.0 Å². The lowest BCUT2D eigenvalue weighted by Crippen LogP contribution is -2.39. The first-order chi connectivity index (χ1) is 11.6. The van der Waals surface area contributed by atoms with Crippen molar-refractivity contribution >= 4 is 33.6 Å². The molecular weight excluding hydrogens is 390 g/mol. The van der Waals surface area contributed by atoms with Crippen molar-refractivity contribution in [2.75, 3.05) is 12.8 Å². The van der Waals surface area contributed by atoms with Crippen LogP contribution in [-0.4, -0.2) is 39.8 Å². The van der Waals surface area contributed by atoms with E-state index in [4.69, 9.17) is 4.42 Å². The molecule has 1 amide bonds. The molecule has 1 heterocycles. The van der Waals surface area contributed by atoms with E-state index in [0.29, 0.717) is 22.9 Å². The van der Waals surface area contributed by atoms with Gasteiger partial charge in [0.2, 0.25) is 11.8 Å². The van der Waals surface area contributed by atoms with Gasteiger partial charge in [0.05, 0.1) is 5.75 Å². The topological polar surface area (TPSA) is 59.2 Å². The summed E-state index contributed by atoms with van der Waals surface area (Å²) in [7, 11) is 1.90. The van der Waals surface area contributed by atoms with Gasteiger partial charge in [-0.05, 0) is 37.1 Å². The third-order valence-corrected chi connectivity index (χ3v) is 5.66. The molecule has 1 aliphatic carbocycles. The number of amides is 1. The second-order valence-corrected chi connectivity index (χ2v) is 7.81. The summed E-state index contributed by atoms with van der Waals surface area (Å²) in [5.41, 5.74) is 0.864. The molecular formula is C17H20BrN3O2S. The van der Waals surface area contributed by atoms with Crippen molar-refractivity contribution in [2.24, 2.45) is 0 Å². The van der Waals surface area contributed by atoms with Crippen LogP contribution in [0.5, 0.6) is 0 Å². The fraction of sp³-hybridized carbons (Fsp3) is 0.471. The highest BCUT2D eigenvalue weighted by atomic mass is 79.9. The predicted octanol–water partition coefficient (Wildman–Crippen LogP) is 4.38. The number of nitrogens with zero attached hydrogens (tertiary/aromatic N) is 3. The van der Waals surface area contributed by atoms with Crippen LogP contribution in [0.25, 0.3) is 11.5 Å². The summed E-state index contributed by atoms with van der Waals surface area (Å²) in [4.78, 5) is 14.2. The summed E-state index contributed by atoms with van der Waals surface area (Å²) >= 11 is 4.70. The van der Waals surface area contributed by atoms with Crippen LogP contribution >= 0.6 is 27.7 Å². The van der Waals surface area contributed by atoms with Gasteiger partial charge >= 0.3 is 0 Å². The largest absolute Gasteiger partial charge is 0.411 e. The molecule has 2 aromatic rings. The number of carbonyl (C=O) groups excluding carboxylic acids is 1. The molecule has 1 aromatic carbocycles. The highest BCUT2D eigenvalue weighted by molar-refractivity contribution is 9.10. The Kier molecular flexibility index (Phi) is 5.94. The molecule has 0 spiro atoms. The zero-order valence-electron chi connectivity index (χ0n) is 13.6. The molecule has 0 atom stereocenters. The number of benzene rings is 1. The maximum Gasteiger partial charge on any atom is 0.277 e. The van der Waals surface area contributed by atoms with Crippen molar-refractivity contribution in [1.82, 2.24) is 15.1 Å². The van der Waals surface area contributed by atoms with E-state index < -0.39 is 0 Å². The van der Waals surface area contributed by atoms with E-state index in [2.05, 4.69) is 26.1 Å². The van der Waals surface area contributed by atoms with Crippen LogP contribution in [0.2, 0.25) is 0 Å². The van der Waals surface area contributed by atoms with Crippen molar-refractivity contribution in [1.29, 1.82) is 0 Å². The third kappa shape index (κ3) is 4.39. The SMILES string of the molecule is CN(C(=O)CSc1nnc(-c2ccc(Br)cc2)o1)C1CCCCC1. The first kappa shape index (κ1) is 17.5. The third-order valence-electron chi connectivity index (χ3n) is 4.33. The minimum Gasteiger partial charge on any atom is -0.411 e. The predicted molar refractivity (Wildman–Crippen MR) is 97.8 cm³/mol. The number of thioether (sulfide) groups is 1. The Balaban J connectivity index is 1.55. The van der Waals surface area contributed by atoms with E-state index in [1.807, 2.05) is 36.2 Å². The Labute approximate surface area is 154 Å². The number of aromatic nitrogens is 2. The van der Waals surface area contributed by atoms with Crippen molar-refractivity contribution in [3.63, 3.8) is 0 Å². The molecule has 0 aliphatic heterocycles. The van der Waals surface area contributed by atoms with Gasteiger partial charge in [-0.1, -0.05) is 47.0 Å². The molecule has 24 heavy (non-hydrogen) atoms. The van der Waals surface area contributed by atoms with Crippen molar-refractivity contribution in [2.45, 2.75) is 43.4 Å². The normalized spacial score (nSPS) is 15.4. The standard InChI is InChI=1S/C17H20BrN3O2S/c1-21(14-5-3-2-4-6-14)15(22)11-24-17-20-19-16(23-17)12-7-9-13(18)10-8-12/h7-10,14H,2-6,11H2,1H3. The highest BCUT2D eigenvalue weighted by Crippen LogP contribution is 2.26. The average molecular weight is 410 g/mol. The Morgan fingerprint density at radius 3 is 2.67 bits per heavy atom. The van der Waals surface area contributed by atoms with Gasteiger partial charge < -0.3 is 9.32 Å². The molecule has 1 saturated carbocycles. The second kappa shape index (κ2) is 8.16. The van der Waals surface area contributed by atoms with E-state index >= 15 is 0 Å². The van der Waals surface area contributed by atoms with Crippen LogP contribution < -0.4 is 0 Å². The molecule has 0 bridgehead atoms. The molecule has 0 saturated heterocycles. The molecule has 128 valence electrons. The molecule has 1 aromatic heterocycles. The Hall–Kier alpha value is -1.34. The monoisotopic (exact) mass is 409 g/mol. The summed E-state index contributed by atoms with van der Waals surface area (Å²) in [6, 6.07) is 8.06. The molecule has 1 aliphatic rings. The van der Waals surface area contributed by atoms with Crippen LogP contribution in [0.4, 0.5) is 0 Å². The molecule has 5 nitrogen and oxygen atoms in total. The van der Waals surface area contributed by atoms with Gasteiger partial charge in [-0.15, -0.1) is 10.2 Å². The summed E-state index contributed by atoms with van der Waals surface area (Å²) in [5, 5.41) is 8.50. The smallest absolute Gasteiger partial charge is 0.277 e. The van der Waals surface area contributed by atoms with Crippen LogP contribution in [0, 0.1) is 0 Å². The average Bonchev–Trinajstić information content (AvgIpc) is 3.09. The molecule has 3 rings (SSSR count). The number of hydrogen-bond acceptors (Lipinski definition) is 5. The fourth-order valence-electron chi connectivity index (χ4n) is 2.87. The van der Waals surface area contributed by atoms with E-state index in [9.17, 15) is 4.79 Å². The Bertz CT molecular complexity index is 683. The van der Waals surface area contributed by atoms with E-state index in [-0.39, 0.29) is 5.91 Å². The fourth-order valence-corrected chi connectivity index (χ4v) is 3.83. The zero-order valence-corrected chi connectivity index (χ0v) is 16.0. The first-order valence-corrected chi connectivity index (χ1v) is 9.89. The second-order valence-electron chi connectivity index (χ2n) is 5.97. The maximum atomic E-state index is 12.3. The van der Waals surface area contributed by atoms with Crippen molar-refractivity contribution < 1.29 is 9.21 Å². The lowest BCUT2D eigenvalue weighted by atomic mass is 9.94. The summed E-state index contributed by atoms with van der Waals surface area (Å²) < 4.78 is 6.64. The van der Waals surface area contributed by atoms with Gasteiger partial charge in [-0.25, -0.2) is 0 Å². The van der Waals surface area contributed by atoms with Crippen LogP contribution in [0.1, 0.15) is 32.1 Å². The van der Waals surface area contributed by atoms with Crippen molar-refractivity contribution in [3.8, 4) is 11.5 Å². The van der Waals surface area contributed by atoms with E-state index in [1.54, 1.807) is 0 Å². The summed E-state index contributed by atoms with van der Waals surface area (Å²) in [6.45, 7) is 0. The number of carbonyl (C=O) groups is 1. The molecule has 0 unspecified atom stereocenters. The van der Waals surface area contributed by atoms with Crippen LogP contribution in [0.3, 0.4) is 0 Å². The first-order valence-electron chi connectivity index (χ1n) is 8.11. The number of halogens is 1. The van der Waals surface area contributed by atoms with Gasteiger partial charge in [-0.2, -0.15) is 0 Å². The van der Waals surface area contributed by atoms with Gasteiger partial charge in [0, 0.05) is 23.1 Å². The lowest BCUT2D eigenvalue weighted by Gasteiger charge is -2.31. The van der Waals surface area contributed by atoms with Crippen molar-refractivity contribution in [3.05, 3.63) is 28.7 Å². The molecule has 7 heteroatoms. The molecule has 0 radical (unpaired) electrons. The van der Waals surface area contributed by atoms with Gasteiger partial charge in [0.15, 0.2) is 0 Å². The quantitative estimate of drug-likeness (QED) is 0.685. The highest BCUT2D eigenvalue weighted by Gasteiger charge is 2.22. The van der Waals surface area contributed by atoms with Gasteiger partial charge in [-0.3, -0.25) is 4.79 Å². The zero-order chi connectivity index (χ0) is 16.9. The number of hydrogen-bond donors (Lipinski definition) is 0.